The normalized spacial score (nSPS) is 10.2. The number of nitrogens with one attached hydrogen (secondary N) is 1. The van der Waals surface area contributed by atoms with Gasteiger partial charge in [0.15, 0.2) is 0 Å². The van der Waals surface area contributed by atoms with Crippen molar-refractivity contribution in [3.63, 3.8) is 0 Å². The van der Waals surface area contributed by atoms with E-state index in [4.69, 9.17) is 10.5 Å². The van der Waals surface area contributed by atoms with E-state index in [1.54, 1.807) is 7.11 Å². The van der Waals surface area contributed by atoms with E-state index in [2.05, 4.69) is 23.2 Å². The quantitative estimate of drug-likeness (QED) is 0.698. The number of para-hydroxylation sites is 1. The van der Waals surface area contributed by atoms with Crippen LogP contribution in [0.2, 0.25) is 0 Å². The third-order valence-electron chi connectivity index (χ3n) is 3.07. The number of methoxy groups -OCH3 is 1. The average Bonchev–Trinajstić information content (AvgIpc) is 2.82. The Morgan fingerprint density at radius 1 is 1.05 bits per heavy atom. The molecule has 4 heteroatoms. The zero-order valence-corrected chi connectivity index (χ0v) is 11.3. The van der Waals surface area contributed by atoms with Crippen LogP contribution in [0.1, 0.15) is 0 Å². The van der Waals surface area contributed by atoms with Crippen LogP contribution in [-0.4, -0.2) is 12.1 Å². The number of anilines is 1. The molecule has 2 aromatic carbocycles. The molecule has 0 radical (unpaired) electrons. The van der Waals surface area contributed by atoms with Gasteiger partial charge in [-0.1, -0.05) is 18.2 Å². The van der Waals surface area contributed by atoms with Crippen molar-refractivity contribution in [3.8, 4) is 17.0 Å². The molecule has 98 valence electrons. The molecular formula is C15H15ClN2O. The van der Waals surface area contributed by atoms with Crippen LogP contribution >= 0.6 is 12.4 Å². The van der Waals surface area contributed by atoms with E-state index in [0.29, 0.717) is 11.4 Å². The summed E-state index contributed by atoms with van der Waals surface area (Å²) in [5.41, 5.74) is 9.82. The molecular weight excluding hydrogens is 260 g/mol. The Morgan fingerprint density at radius 3 is 2.53 bits per heavy atom. The van der Waals surface area contributed by atoms with E-state index in [1.807, 2.05) is 30.3 Å². The maximum absolute atomic E-state index is 5.92. The molecule has 19 heavy (non-hydrogen) atoms. The topological polar surface area (TPSA) is 51.0 Å². The first-order valence-electron chi connectivity index (χ1n) is 5.79. The maximum Gasteiger partial charge on any atom is 0.141 e. The molecule has 3 N–H and O–H groups in total. The molecule has 0 bridgehead atoms. The summed E-state index contributed by atoms with van der Waals surface area (Å²) in [5.74, 6) is 0.704. The van der Waals surface area contributed by atoms with E-state index in [0.717, 1.165) is 16.8 Å². The number of rotatable bonds is 2. The van der Waals surface area contributed by atoms with Gasteiger partial charge in [-0.25, -0.2) is 0 Å². The number of ether oxygens (including phenoxy) is 1. The molecule has 3 nitrogen and oxygen atoms in total. The summed E-state index contributed by atoms with van der Waals surface area (Å²) in [6.45, 7) is 0. The Morgan fingerprint density at radius 2 is 1.84 bits per heavy atom. The van der Waals surface area contributed by atoms with Gasteiger partial charge in [-0.15, -0.1) is 12.4 Å². The molecule has 3 rings (SSSR count). The fourth-order valence-corrected chi connectivity index (χ4v) is 2.13. The monoisotopic (exact) mass is 274 g/mol. The minimum absolute atomic E-state index is 0. The Balaban J connectivity index is 0.00000133. The van der Waals surface area contributed by atoms with Gasteiger partial charge in [0, 0.05) is 22.2 Å². The van der Waals surface area contributed by atoms with Crippen LogP contribution in [-0.2, 0) is 0 Å². The van der Waals surface area contributed by atoms with Crippen molar-refractivity contribution in [2.45, 2.75) is 0 Å². The first-order chi connectivity index (χ1) is 8.78. The number of halogens is 1. The lowest BCUT2D eigenvalue weighted by Crippen LogP contribution is -1.92. The number of hydrogen-bond acceptors (Lipinski definition) is 2. The second-order valence-electron chi connectivity index (χ2n) is 4.23. The number of fused-ring (bicyclic) bond motifs is 1. The van der Waals surface area contributed by atoms with Crippen LogP contribution < -0.4 is 10.5 Å². The molecule has 1 aromatic heterocycles. The van der Waals surface area contributed by atoms with Crippen molar-refractivity contribution in [1.82, 2.24) is 4.98 Å². The minimum Gasteiger partial charge on any atom is -0.495 e. The number of aromatic nitrogens is 1. The lowest BCUT2D eigenvalue weighted by molar-refractivity contribution is 0.417. The molecule has 0 aliphatic carbocycles. The second kappa shape index (κ2) is 5.24. The van der Waals surface area contributed by atoms with Crippen molar-refractivity contribution in [2.75, 3.05) is 12.8 Å². The molecule has 3 aromatic rings. The third kappa shape index (κ3) is 2.37. The van der Waals surface area contributed by atoms with Crippen LogP contribution in [0.4, 0.5) is 5.69 Å². The lowest BCUT2D eigenvalue weighted by Gasteiger charge is -2.05. The SMILES string of the molecule is COc1ccc(-c2cc3ccccc3[nH]2)cc1N.Cl. The van der Waals surface area contributed by atoms with Crippen LogP contribution in [0.15, 0.2) is 48.5 Å². The Kier molecular flexibility index (Phi) is 3.67. The molecule has 0 aliphatic rings. The number of hydrogen-bond donors (Lipinski definition) is 2. The molecule has 0 aliphatic heterocycles. The van der Waals surface area contributed by atoms with Gasteiger partial charge in [-0.2, -0.15) is 0 Å². The van der Waals surface area contributed by atoms with Gasteiger partial charge >= 0.3 is 0 Å². The fraction of sp³-hybridized carbons (Fsp3) is 0.0667. The molecule has 0 spiro atoms. The van der Waals surface area contributed by atoms with Gasteiger partial charge < -0.3 is 15.5 Å². The number of nitrogen functional groups attached to an aromatic ring is 1. The summed E-state index contributed by atoms with van der Waals surface area (Å²) in [7, 11) is 1.62. The summed E-state index contributed by atoms with van der Waals surface area (Å²) in [6.07, 6.45) is 0. The largest absolute Gasteiger partial charge is 0.495 e. The molecule has 0 saturated carbocycles. The average molecular weight is 275 g/mol. The highest BCUT2D eigenvalue weighted by molar-refractivity contribution is 5.86. The molecule has 0 unspecified atom stereocenters. The molecule has 0 atom stereocenters. The smallest absolute Gasteiger partial charge is 0.141 e. The van der Waals surface area contributed by atoms with E-state index in [-0.39, 0.29) is 12.4 Å². The number of aromatic amines is 1. The third-order valence-corrected chi connectivity index (χ3v) is 3.07. The summed E-state index contributed by atoms with van der Waals surface area (Å²) in [5, 5.41) is 1.20. The first kappa shape index (κ1) is 13.3. The fourth-order valence-electron chi connectivity index (χ4n) is 2.13. The van der Waals surface area contributed by atoms with Gasteiger partial charge in [0.25, 0.3) is 0 Å². The summed E-state index contributed by atoms with van der Waals surface area (Å²) in [4.78, 5) is 3.38. The van der Waals surface area contributed by atoms with Crippen molar-refractivity contribution < 1.29 is 4.74 Å². The lowest BCUT2D eigenvalue weighted by atomic mass is 10.1. The maximum atomic E-state index is 5.92. The Hall–Kier alpha value is -2.13. The van der Waals surface area contributed by atoms with Crippen LogP contribution in [0.5, 0.6) is 5.75 Å². The van der Waals surface area contributed by atoms with Crippen molar-refractivity contribution in [2.24, 2.45) is 0 Å². The number of benzene rings is 2. The first-order valence-corrected chi connectivity index (χ1v) is 5.79. The van der Waals surface area contributed by atoms with Gasteiger partial charge in [-0.3, -0.25) is 0 Å². The number of nitrogens with two attached hydrogens (primary N) is 1. The predicted octanol–water partition coefficient (Wildman–Crippen LogP) is 3.85. The summed E-state index contributed by atoms with van der Waals surface area (Å²) in [6, 6.07) is 16.1. The molecule has 0 fully saturated rings. The molecule has 0 amide bonds. The highest BCUT2D eigenvalue weighted by Crippen LogP contribution is 2.29. The van der Waals surface area contributed by atoms with Crippen molar-refractivity contribution in [3.05, 3.63) is 48.5 Å². The van der Waals surface area contributed by atoms with Gasteiger partial charge in [0.05, 0.1) is 12.8 Å². The summed E-state index contributed by atoms with van der Waals surface area (Å²) >= 11 is 0. The van der Waals surface area contributed by atoms with E-state index in [9.17, 15) is 0 Å². The zero-order valence-electron chi connectivity index (χ0n) is 10.5. The van der Waals surface area contributed by atoms with Crippen molar-refractivity contribution >= 4 is 29.0 Å². The Bertz CT molecular complexity index is 673. The molecule has 1 heterocycles. The van der Waals surface area contributed by atoms with E-state index < -0.39 is 0 Å². The second-order valence-corrected chi connectivity index (χ2v) is 4.23. The van der Waals surface area contributed by atoms with Crippen LogP contribution in [0, 0.1) is 0 Å². The minimum atomic E-state index is 0. The van der Waals surface area contributed by atoms with Gasteiger partial charge in [-0.05, 0) is 30.3 Å². The standard InChI is InChI=1S/C15H14N2O.ClH/c1-18-15-7-6-11(8-12(15)16)14-9-10-4-2-3-5-13(10)17-14;/h2-9,17H,16H2,1H3;1H. The van der Waals surface area contributed by atoms with E-state index in [1.165, 1.54) is 5.39 Å². The summed E-state index contributed by atoms with van der Waals surface area (Å²) < 4.78 is 5.16. The number of H-pyrrole nitrogens is 1. The van der Waals surface area contributed by atoms with Crippen LogP contribution in [0.3, 0.4) is 0 Å². The predicted molar refractivity (Wildman–Crippen MR) is 81.9 cm³/mol. The van der Waals surface area contributed by atoms with Crippen LogP contribution in [0.25, 0.3) is 22.2 Å². The molecule has 0 saturated heterocycles. The van der Waals surface area contributed by atoms with Gasteiger partial charge in [0.2, 0.25) is 0 Å². The van der Waals surface area contributed by atoms with Crippen molar-refractivity contribution in [1.29, 1.82) is 0 Å². The zero-order chi connectivity index (χ0) is 12.5. The van der Waals surface area contributed by atoms with E-state index >= 15 is 0 Å². The van der Waals surface area contributed by atoms with Gasteiger partial charge in [0.1, 0.15) is 5.75 Å². The Labute approximate surface area is 117 Å². The highest BCUT2D eigenvalue weighted by atomic mass is 35.5. The highest BCUT2D eigenvalue weighted by Gasteiger charge is 2.05.